The second-order valence-corrected chi connectivity index (χ2v) is 5.13. The van der Waals surface area contributed by atoms with E-state index in [0.29, 0.717) is 25.3 Å². The molecule has 0 radical (unpaired) electrons. The number of fused-ring (bicyclic) bond motifs is 1. The van der Waals surface area contributed by atoms with E-state index in [1.54, 1.807) is 0 Å². The van der Waals surface area contributed by atoms with Gasteiger partial charge in [-0.25, -0.2) is 0 Å². The van der Waals surface area contributed by atoms with Gasteiger partial charge in [-0.3, -0.25) is 4.79 Å². The minimum absolute atomic E-state index is 0.170. The zero-order valence-corrected chi connectivity index (χ0v) is 11.1. The lowest BCUT2D eigenvalue weighted by Gasteiger charge is -2.32. The molecule has 3 nitrogen and oxygen atoms in total. The summed E-state index contributed by atoms with van der Waals surface area (Å²) < 4.78 is 0. The molecule has 1 heterocycles. The third-order valence-corrected chi connectivity index (χ3v) is 3.73. The molecule has 0 saturated carbocycles. The summed E-state index contributed by atoms with van der Waals surface area (Å²) >= 11 is 0. The van der Waals surface area contributed by atoms with Gasteiger partial charge in [0.2, 0.25) is 5.91 Å². The topological polar surface area (TPSA) is 40.5 Å². The fourth-order valence-corrected chi connectivity index (χ4v) is 2.35. The summed E-state index contributed by atoms with van der Waals surface area (Å²) in [5, 5.41) is 9.95. The Balaban J connectivity index is 2.21. The van der Waals surface area contributed by atoms with E-state index in [-0.39, 0.29) is 5.91 Å². The molecule has 0 saturated heterocycles. The van der Waals surface area contributed by atoms with Crippen molar-refractivity contribution in [2.45, 2.75) is 39.2 Å². The number of para-hydroxylation sites is 1. The summed E-state index contributed by atoms with van der Waals surface area (Å²) in [5.74, 6) is 0.584. The van der Waals surface area contributed by atoms with Gasteiger partial charge in [0, 0.05) is 24.2 Å². The number of nitrogens with zero attached hydrogens (tertiary/aromatic N) is 1. The third-order valence-electron chi connectivity index (χ3n) is 3.73. The van der Waals surface area contributed by atoms with E-state index in [9.17, 15) is 9.90 Å². The predicted octanol–water partition coefficient (Wildman–Crippen LogP) is 2.89. The number of carbonyl (C=O) groups excluding carboxylic acids is 1. The number of aliphatic hydroxyl groups excluding tert-OH is 1. The number of amides is 1. The molecule has 0 aromatic heterocycles. The highest BCUT2D eigenvalue weighted by Gasteiger charge is 2.27. The Morgan fingerprint density at radius 2 is 2.22 bits per heavy atom. The molecule has 1 aliphatic rings. The first kappa shape index (κ1) is 13.1. The standard InChI is InChI=1S/C15H21NO2/c1-3-11(2)10-15(18)16-9-8-14(17)12-6-4-5-7-13(12)16/h4-7,11,14,17H,3,8-10H2,1-2H3. The van der Waals surface area contributed by atoms with Gasteiger partial charge in [0.15, 0.2) is 0 Å². The van der Waals surface area contributed by atoms with Crippen molar-refractivity contribution in [2.75, 3.05) is 11.4 Å². The van der Waals surface area contributed by atoms with Crippen LogP contribution in [0.15, 0.2) is 24.3 Å². The smallest absolute Gasteiger partial charge is 0.227 e. The Kier molecular flexibility index (Phi) is 4.02. The van der Waals surface area contributed by atoms with E-state index in [2.05, 4.69) is 13.8 Å². The molecule has 98 valence electrons. The van der Waals surface area contributed by atoms with Crippen LogP contribution in [-0.2, 0) is 4.79 Å². The van der Waals surface area contributed by atoms with Crippen LogP contribution in [0.2, 0.25) is 0 Å². The molecule has 2 rings (SSSR count). The largest absolute Gasteiger partial charge is 0.388 e. The van der Waals surface area contributed by atoms with Gasteiger partial charge < -0.3 is 10.0 Å². The van der Waals surface area contributed by atoms with E-state index < -0.39 is 6.10 Å². The average Bonchev–Trinajstić information content (AvgIpc) is 2.39. The number of benzene rings is 1. The van der Waals surface area contributed by atoms with Crippen molar-refractivity contribution >= 4 is 11.6 Å². The molecule has 0 fully saturated rings. The molecule has 18 heavy (non-hydrogen) atoms. The van der Waals surface area contributed by atoms with Gasteiger partial charge in [0.05, 0.1) is 6.10 Å². The summed E-state index contributed by atoms with van der Waals surface area (Å²) in [7, 11) is 0. The van der Waals surface area contributed by atoms with Gasteiger partial charge in [0.25, 0.3) is 0 Å². The number of hydrogen-bond acceptors (Lipinski definition) is 2. The van der Waals surface area contributed by atoms with Crippen LogP contribution < -0.4 is 4.90 Å². The molecule has 2 unspecified atom stereocenters. The second-order valence-electron chi connectivity index (χ2n) is 5.13. The van der Waals surface area contributed by atoms with Crippen molar-refractivity contribution < 1.29 is 9.90 Å². The summed E-state index contributed by atoms with van der Waals surface area (Å²) in [6.45, 7) is 4.82. The lowest BCUT2D eigenvalue weighted by molar-refractivity contribution is -0.119. The molecule has 1 amide bonds. The molecule has 1 N–H and O–H groups in total. The molecular weight excluding hydrogens is 226 g/mol. The summed E-state index contributed by atoms with van der Waals surface area (Å²) in [5.41, 5.74) is 1.76. The number of hydrogen-bond donors (Lipinski definition) is 1. The zero-order chi connectivity index (χ0) is 13.1. The van der Waals surface area contributed by atoms with Gasteiger partial charge in [-0.15, -0.1) is 0 Å². The Hall–Kier alpha value is -1.35. The zero-order valence-electron chi connectivity index (χ0n) is 11.1. The third kappa shape index (κ3) is 2.56. The van der Waals surface area contributed by atoms with Crippen molar-refractivity contribution in [2.24, 2.45) is 5.92 Å². The van der Waals surface area contributed by atoms with Crippen molar-refractivity contribution in [3.8, 4) is 0 Å². The maximum atomic E-state index is 12.3. The van der Waals surface area contributed by atoms with Crippen molar-refractivity contribution in [1.82, 2.24) is 0 Å². The molecule has 1 aliphatic heterocycles. The van der Waals surface area contributed by atoms with E-state index in [4.69, 9.17) is 0 Å². The van der Waals surface area contributed by atoms with E-state index >= 15 is 0 Å². The van der Waals surface area contributed by atoms with Crippen LogP contribution in [0.25, 0.3) is 0 Å². The van der Waals surface area contributed by atoms with Crippen LogP contribution in [0, 0.1) is 5.92 Å². The summed E-state index contributed by atoms with van der Waals surface area (Å²) in [6.07, 6.45) is 1.79. The summed E-state index contributed by atoms with van der Waals surface area (Å²) in [6, 6.07) is 7.65. The SMILES string of the molecule is CCC(C)CC(=O)N1CCC(O)c2ccccc21. The molecule has 1 aromatic rings. The minimum Gasteiger partial charge on any atom is -0.388 e. The molecule has 0 bridgehead atoms. The van der Waals surface area contributed by atoms with Crippen LogP contribution >= 0.6 is 0 Å². The van der Waals surface area contributed by atoms with Crippen LogP contribution in [0.3, 0.4) is 0 Å². The predicted molar refractivity (Wildman–Crippen MR) is 72.4 cm³/mol. The number of anilines is 1. The molecular formula is C15H21NO2. The van der Waals surface area contributed by atoms with E-state index in [1.807, 2.05) is 29.2 Å². The second kappa shape index (κ2) is 5.53. The normalized spacial score (nSPS) is 20.4. The average molecular weight is 247 g/mol. The number of rotatable bonds is 3. The number of carbonyl (C=O) groups is 1. The Bertz CT molecular complexity index is 430. The minimum atomic E-state index is -0.436. The molecule has 3 heteroatoms. The highest BCUT2D eigenvalue weighted by Crippen LogP contribution is 2.34. The van der Waals surface area contributed by atoms with Gasteiger partial charge in [-0.05, 0) is 18.4 Å². The first-order valence-corrected chi connectivity index (χ1v) is 6.70. The quantitative estimate of drug-likeness (QED) is 0.892. The van der Waals surface area contributed by atoms with Crippen LogP contribution in [0.5, 0.6) is 0 Å². The summed E-state index contributed by atoms with van der Waals surface area (Å²) in [4.78, 5) is 14.1. The molecule has 0 spiro atoms. The van der Waals surface area contributed by atoms with Crippen LogP contribution in [0.1, 0.15) is 44.8 Å². The van der Waals surface area contributed by atoms with Crippen molar-refractivity contribution in [3.05, 3.63) is 29.8 Å². The first-order valence-electron chi connectivity index (χ1n) is 6.70. The van der Waals surface area contributed by atoms with Gasteiger partial charge in [0.1, 0.15) is 0 Å². The first-order chi connectivity index (χ1) is 8.63. The fourth-order valence-electron chi connectivity index (χ4n) is 2.35. The maximum absolute atomic E-state index is 12.3. The van der Waals surface area contributed by atoms with Gasteiger partial charge >= 0.3 is 0 Å². The fraction of sp³-hybridized carbons (Fsp3) is 0.533. The molecule has 2 atom stereocenters. The van der Waals surface area contributed by atoms with Gasteiger partial charge in [-0.2, -0.15) is 0 Å². The Labute approximate surface area is 108 Å². The highest BCUT2D eigenvalue weighted by molar-refractivity contribution is 5.94. The van der Waals surface area contributed by atoms with Gasteiger partial charge in [-0.1, -0.05) is 38.5 Å². The highest BCUT2D eigenvalue weighted by atomic mass is 16.3. The van der Waals surface area contributed by atoms with Crippen LogP contribution in [0.4, 0.5) is 5.69 Å². The van der Waals surface area contributed by atoms with Crippen LogP contribution in [-0.4, -0.2) is 17.6 Å². The number of aliphatic hydroxyl groups is 1. The maximum Gasteiger partial charge on any atom is 0.227 e. The lowest BCUT2D eigenvalue weighted by Crippen LogP contribution is -2.37. The monoisotopic (exact) mass is 247 g/mol. The Morgan fingerprint density at radius 1 is 1.50 bits per heavy atom. The van der Waals surface area contributed by atoms with Crippen molar-refractivity contribution in [1.29, 1.82) is 0 Å². The van der Waals surface area contributed by atoms with E-state index in [1.165, 1.54) is 0 Å². The van der Waals surface area contributed by atoms with E-state index in [0.717, 1.165) is 17.7 Å². The molecule has 0 aliphatic carbocycles. The van der Waals surface area contributed by atoms with Crippen molar-refractivity contribution in [3.63, 3.8) is 0 Å². The molecule has 1 aromatic carbocycles. The lowest BCUT2D eigenvalue weighted by atomic mass is 9.97. The Morgan fingerprint density at radius 3 is 2.94 bits per heavy atom.